The average Bonchev–Trinajstić information content (AvgIpc) is 2.91. The van der Waals surface area contributed by atoms with Gasteiger partial charge in [-0.3, -0.25) is 0 Å². The molecule has 0 saturated heterocycles. The molecule has 0 amide bonds. The van der Waals surface area contributed by atoms with E-state index in [0.29, 0.717) is 5.41 Å². The quantitative estimate of drug-likeness (QED) is 0.607. The Hall–Kier alpha value is -0.0800. The SMILES string of the molecule is CCC1CC1NCCCC(C)(C)CCN. The van der Waals surface area contributed by atoms with E-state index in [4.69, 9.17) is 5.73 Å². The van der Waals surface area contributed by atoms with E-state index in [1.165, 1.54) is 32.2 Å². The number of nitrogens with two attached hydrogens (primary N) is 1. The third kappa shape index (κ3) is 4.98. The van der Waals surface area contributed by atoms with Gasteiger partial charge in [-0.05, 0) is 50.1 Å². The predicted molar refractivity (Wildman–Crippen MR) is 66.9 cm³/mol. The van der Waals surface area contributed by atoms with Gasteiger partial charge in [0.05, 0.1) is 0 Å². The first-order chi connectivity index (χ1) is 7.09. The highest BCUT2D eigenvalue weighted by atomic mass is 15.0. The standard InChI is InChI=1S/C13H28N2/c1-4-11-10-12(11)15-9-5-6-13(2,3)7-8-14/h11-12,15H,4-10,14H2,1-3H3. The monoisotopic (exact) mass is 212 g/mol. The smallest absolute Gasteiger partial charge is 0.00990 e. The van der Waals surface area contributed by atoms with Crippen LogP contribution in [-0.4, -0.2) is 19.1 Å². The molecule has 1 rings (SSSR count). The van der Waals surface area contributed by atoms with E-state index in [-0.39, 0.29) is 0 Å². The lowest BCUT2D eigenvalue weighted by molar-refractivity contribution is 0.301. The fraction of sp³-hybridized carbons (Fsp3) is 1.00. The molecule has 1 aliphatic rings. The van der Waals surface area contributed by atoms with Crippen LogP contribution in [0, 0.1) is 11.3 Å². The minimum atomic E-state index is 0.435. The van der Waals surface area contributed by atoms with E-state index in [1.807, 2.05) is 0 Å². The van der Waals surface area contributed by atoms with E-state index in [9.17, 15) is 0 Å². The molecule has 90 valence electrons. The molecule has 2 heteroatoms. The second-order valence-corrected chi connectivity index (χ2v) is 5.77. The van der Waals surface area contributed by atoms with Gasteiger partial charge in [-0.15, -0.1) is 0 Å². The molecule has 1 saturated carbocycles. The van der Waals surface area contributed by atoms with Crippen LogP contribution in [0.2, 0.25) is 0 Å². The highest BCUT2D eigenvalue weighted by molar-refractivity contribution is 4.91. The minimum Gasteiger partial charge on any atom is -0.330 e. The molecule has 3 N–H and O–H groups in total. The van der Waals surface area contributed by atoms with Gasteiger partial charge in [0.2, 0.25) is 0 Å². The molecule has 0 aliphatic heterocycles. The Kier molecular flexibility index (Phi) is 5.07. The molecule has 2 atom stereocenters. The van der Waals surface area contributed by atoms with Crippen molar-refractivity contribution < 1.29 is 0 Å². The largest absolute Gasteiger partial charge is 0.330 e. The summed E-state index contributed by atoms with van der Waals surface area (Å²) in [4.78, 5) is 0. The zero-order valence-electron chi connectivity index (χ0n) is 10.7. The maximum Gasteiger partial charge on any atom is 0.00990 e. The second-order valence-electron chi connectivity index (χ2n) is 5.77. The van der Waals surface area contributed by atoms with Crippen LogP contribution in [0.4, 0.5) is 0 Å². The Bertz CT molecular complexity index is 177. The number of hydrogen-bond acceptors (Lipinski definition) is 2. The summed E-state index contributed by atoms with van der Waals surface area (Å²) in [6.45, 7) is 8.95. The van der Waals surface area contributed by atoms with Crippen molar-refractivity contribution in [3.63, 3.8) is 0 Å². The summed E-state index contributed by atoms with van der Waals surface area (Å²) in [5, 5.41) is 3.64. The molecule has 0 aromatic carbocycles. The summed E-state index contributed by atoms with van der Waals surface area (Å²) in [7, 11) is 0. The number of rotatable bonds is 8. The van der Waals surface area contributed by atoms with Crippen LogP contribution in [0.25, 0.3) is 0 Å². The fourth-order valence-electron chi connectivity index (χ4n) is 2.32. The van der Waals surface area contributed by atoms with E-state index in [0.717, 1.165) is 24.9 Å². The fourth-order valence-corrected chi connectivity index (χ4v) is 2.32. The molecule has 0 aromatic rings. The molecule has 0 bridgehead atoms. The van der Waals surface area contributed by atoms with Crippen molar-refractivity contribution in [1.82, 2.24) is 5.32 Å². The maximum absolute atomic E-state index is 5.60. The van der Waals surface area contributed by atoms with Crippen molar-refractivity contribution in [2.75, 3.05) is 13.1 Å². The van der Waals surface area contributed by atoms with Crippen LogP contribution < -0.4 is 11.1 Å². The van der Waals surface area contributed by atoms with E-state index >= 15 is 0 Å². The van der Waals surface area contributed by atoms with Gasteiger partial charge in [-0.25, -0.2) is 0 Å². The Labute approximate surface area is 95.0 Å². The van der Waals surface area contributed by atoms with Crippen molar-refractivity contribution in [3.8, 4) is 0 Å². The van der Waals surface area contributed by atoms with Gasteiger partial charge in [0.25, 0.3) is 0 Å². The molecule has 2 unspecified atom stereocenters. The predicted octanol–water partition coefficient (Wildman–Crippen LogP) is 2.53. The van der Waals surface area contributed by atoms with E-state index in [1.54, 1.807) is 0 Å². The normalized spacial score (nSPS) is 25.6. The number of hydrogen-bond donors (Lipinski definition) is 2. The maximum atomic E-state index is 5.60. The van der Waals surface area contributed by atoms with Gasteiger partial charge in [-0.1, -0.05) is 27.2 Å². The van der Waals surface area contributed by atoms with Crippen LogP contribution in [0.1, 0.15) is 52.9 Å². The molecule has 0 spiro atoms. The highest BCUT2D eigenvalue weighted by Gasteiger charge is 2.34. The summed E-state index contributed by atoms with van der Waals surface area (Å²) >= 11 is 0. The van der Waals surface area contributed by atoms with Crippen LogP contribution >= 0.6 is 0 Å². The minimum absolute atomic E-state index is 0.435. The molecular formula is C13H28N2. The van der Waals surface area contributed by atoms with Gasteiger partial charge in [0.15, 0.2) is 0 Å². The van der Waals surface area contributed by atoms with Crippen LogP contribution in [0.3, 0.4) is 0 Å². The van der Waals surface area contributed by atoms with Crippen molar-refractivity contribution in [2.45, 2.75) is 58.9 Å². The van der Waals surface area contributed by atoms with Crippen molar-refractivity contribution in [1.29, 1.82) is 0 Å². The van der Waals surface area contributed by atoms with Crippen LogP contribution in [-0.2, 0) is 0 Å². The third-order valence-corrected chi connectivity index (χ3v) is 3.70. The molecular weight excluding hydrogens is 184 g/mol. The van der Waals surface area contributed by atoms with Gasteiger partial charge >= 0.3 is 0 Å². The molecule has 0 heterocycles. The Morgan fingerprint density at radius 2 is 2.07 bits per heavy atom. The number of nitrogens with one attached hydrogen (secondary N) is 1. The van der Waals surface area contributed by atoms with Gasteiger partial charge in [0, 0.05) is 6.04 Å². The van der Waals surface area contributed by atoms with Gasteiger partial charge < -0.3 is 11.1 Å². The molecule has 0 radical (unpaired) electrons. The molecule has 0 aromatic heterocycles. The average molecular weight is 212 g/mol. The second kappa shape index (κ2) is 5.86. The van der Waals surface area contributed by atoms with Crippen LogP contribution in [0.5, 0.6) is 0 Å². The van der Waals surface area contributed by atoms with Crippen molar-refractivity contribution in [2.24, 2.45) is 17.1 Å². The Morgan fingerprint density at radius 1 is 1.33 bits per heavy atom. The summed E-state index contributed by atoms with van der Waals surface area (Å²) in [6.07, 6.45) is 6.48. The summed E-state index contributed by atoms with van der Waals surface area (Å²) in [6, 6.07) is 0.840. The lowest BCUT2D eigenvalue weighted by Crippen LogP contribution is -2.23. The Morgan fingerprint density at radius 3 is 2.60 bits per heavy atom. The van der Waals surface area contributed by atoms with Gasteiger partial charge in [-0.2, -0.15) is 0 Å². The van der Waals surface area contributed by atoms with Crippen molar-refractivity contribution in [3.05, 3.63) is 0 Å². The first-order valence-electron chi connectivity index (χ1n) is 6.52. The first kappa shape index (κ1) is 13.0. The van der Waals surface area contributed by atoms with E-state index < -0.39 is 0 Å². The lowest BCUT2D eigenvalue weighted by atomic mass is 9.84. The Balaban J connectivity index is 1.97. The lowest BCUT2D eigenvalue weighted by Gasteiger charge is -2.23. The van der Waals surface area contributed by atoms with Gasteiger partial charge in [0.1, 0.15) is 0 Å². The zero-order chi connectivity index (χ0) is 11.3. The van der Waals surface area contributed by atoms with Crippen LogP contribution in [0.15, 0.2) is 0 Å². The molecule has 15 heavy (non-hydrogen) atoms. The first-order valence-corrected chi connectivity index (χ1v) is 6.52. The third-order valence-electron chi connectivity index (χ3n) is 3.70. The molecule has 2 nitrogen and oxygen atoms in total. The topological polar surface area (TPSA) is 38.0 Å². The summed E-state index contributed by atoms with van der Waals surface area (Å²) in [5.74, 6) is 0.974. The summed E-state index contributed by atoms with van der Waals surface area (Å²) < 4.78 is 0. The highest BCUT2D eigenvalue weighted by Crippen LogP contribution is 2.33. The molecule has 1 aliphatic carbocycles. The van der Waals surface area contributed by atoms with Crippen molar-refractivity contribution >= 4 is 0 Å². The van der Waals surface area contributed by atoms with E-state index in [2.05, 4.69) is 26.1 Å². The molecule has 1 fully saturated rings. The summed E-state index contributed by atoms with van der Waals surface area (Å²) in [5.41, 5.74) is 6.03. The zero-order valence-corrected chi connectivity index (χ0v) is 10.7.